The largest absolute Gasteiger partial charge is 0.477 e. The Kier molecular flexibility index (Phi) is 5.08. The van der Waals surface area contributed by atoms with E-state index >= 15 is 0 Å². The second-order valence-electron chi connectivity index (χ2n) is 5.48. The molecule has 1 N–H and O–H groups in total. The van der Waals surface area contributed by atoms with E-state index in [0.29, 0.717) is 11.5 Å². The molecule has 0 bridgehead atoms. The number of carbonyl (C=O) groups is 1. The first-order chi connectivity index (χ1) is 12.8. The summed E-state index contributed by atoms with van der Waals surface area (Å²) in [5.74, 6) is -0.401. The smallest absolute Gasteiger partial charge is 0.342 e. The Morgan fingerprint density at radius 3 is 2.63 bits per heavy atom. The highest BCUT2D eigenvalue weighted by Crippen LogP contribution is 2.33. The summed E-state index contributed by atoms with van der Waals surface area (Å²) in [6, 6.07) is 7.85. The molecule has 2 aromatic heterocycles. The van der Waals surface area contributed by atoms with Gasteiger partial charge in [0.1, 0.15) is 16.4 Å². The minimum atomic E-state index is -1.20. The highest BCUT2D eigenvalue weighted by Gasteiger charge is 2.19. The first-order valence-corrected chi connectivity index (χ1v) is 8.43. The number of aromatic nitrogens is 2. The summed E-state index contributed by atoms with van der Waals surface area (Å²) in [6.07, 6.45) is 1.29. The molecule has 1 aromatic carbocycles. The van der Waals surface area contributed by atoms with E-state index in [4.69, 9.17) is 8.83 Å². The van der Waals surface area contributed by atoms with Crippen molar-refractivity contribution in [3.8, 4) is 11.3 Å². The van der Waals surface area contributed by atoms with Crippen molar-refractivity contribution in [1.29, 1.82) is 0 Å². The molecular weight excluding hydrogens is 374 g/mol. The summed E-state index contributed by atoms with van der Waals surface area (Å²) in [7, 11) is 0. The summed E-state index contributed by atoms with van der Waals surface area (Å²) in [4.78, 5) is 22.1. The molecule has 2 heterocycles. The maximum Gasteiger partial charge on any atom is 0.342 e. The number of aliphatic carboxylic acids is 1. The maximum absolute atomic E-state index is 11.5. The van der Waals surface area contributed by atoms with Gasteiger partial charge in [0.2, 0.25) is 5.89 Å². The number of hydrogen-bond acceptors (Lipinski definition) is 8. The van der Waals surface area contributed by atoms with Crippen molar-refractivity contribution in [2.45, 2.75) is 19.1 Å². The molecule has 0 aliphatic carbocycles. The van der Waals surface area contributed by atoms with Crippen LogP contribution in [-0.4, -0.2) is 26.2 Å². The van der Waals surface area contributed by atoms with Crippen LogP contribution in [-0.2, 0) is 4.79 Å². The zero-order chi connectivity index (χ0) is 19.6. The van der Waals surface area contributed by atoms with Crippen LogP contribution in [0.25, 0.3) is 17.4 Å². The number of furan rings is 1. The van der Waals surface area contributed by atoms with Gasteiger partial charge in [-0.15, -0.1) is 10.2 Å². The third-order valence-corrected chi connectivity index (χ3v) is 4.28. The Hall–Kier alpha value is -3.40. The summed E-state index contributed by atoms with van der Waals surface area (Å²) < 4.78 is 10.8. The van der Waals surface area contributed by atoms with Crippen LogP contribution in [0, 0.1) is 24.0 Å². The molecule has 0 aliphatic heterocycles. The first kappa shape index (κ1) is 18.4. The third kappa shape index (κ3) is 4.23. The number of aryl methyl sites for hydroxylation is 2. The van der Waals surface area contributed by atoms with Crippen LogP contribution in [0.15, 0.2) is 49.3 Å². The Morgan fingerprint density at radius 2 is 2.00 bits per heavy atom. The number of nitro groups is 1. The second-order valence-corrected chi connectivity index (χ2v) is 6.48. The van der Waals surface area contributed by atoms with Crippen molar-refractivity contribution in [1.82, 2.24) is 10.2 Å². The van der Waals surface area contributed by atoms with Crippen molar-refractivity contribution in [3.63, 3.8) is 0 Å². The van der Waals surface area contributed by atoms with E-state index in [1.807, 2.05) is 0 Å². The molecule has 3 aromatic rings. The Labute approximate surface area is 156 Å². The van der Waals surface area contributed by atoms with Gasteiger partial charge in [0.05, 0.1) is 10.5 Å². The average molecular weight is 387 g/mol. The minimum Gasteiger partial charge on any atom is -0.477 e. The van der Waals surface area contributed by atoms with Gasteiger partial charge in [0, 0.05) is 19.1 Å². The fraction of sp³-hybridized carbons (Fsp3) is 0.118. The molecule has 3 rings (SSSR count). The van der Waals surface area contributed by atoms with Crippen LogP contribution in [0.4, 0.5) is 5.69 Å². The normalized spacial score (nSPS) is 11.6. The van der Waals surface area contributed by atoms with E-state index in [1.165, 1.54) is 18.2 Å². The highest BCUT2D eigenvalue weighted by atomic mass is 32.2. The molecule has 0 atom stereocenters. The summed E-state index contributed by atoms with van der Waals surface area (Å²) in [5, 5.41) is 28.1. The van der Waals surface area contributed by atoms with E-state index in [0.717, 1.165) is 17.3 Å². The number of nitro benzene ring substituents is 1. The number of thioether (sulfide) groups is 1. The SMILES string of the molecule is Cc1ccc(-c2ccc(/C=C(/Sc3nnc(C)o3)C(=O)O)o2)c([N+](=O)[O-])c1. The van der Waals surface area contributed by atoms with Gasteiger partial charge in [0.25, 0.3) is 10.9 Å². The molecule has 10 heteroatoms. The Bertz CT molecular complexity index is 1050. The van der Waals surface area contributed by atoms with Crippen molar-refractivity contribution in [2.24, 2.45) is 0 Å². The molecule has 0 unspecified atom stereocenters. The van der Waals surface area contributed by atoms with Crippen molar-refractivity contribution in [2.75, 3.05) is 0 Å². The number of carboxylic acid groups (broad SMARTS) is 1. The van der Waals surface area contributed by atoms with Crippen molar-refractivity contribution >= 4 is 29.5 Å². The predicted molar refractivity (Wildman–Crippen MR) is 96.0 cm³/mol. The second kappa shape index (κ2) is 7.46. The molecule has 27 heavy (non-hydrogen) atoms. The van der Waals surface area contributed by atoms with Gasteiger partial charge in [-0.1, -0.05) is 6.07 Å². The van der Waals surface area contributed by atoms with Crippen LogP contribution in [0.5, 0.6) is 0 Å². The molecule has 0 saturated carbocycles. The predicted octanol–water partition coefficient (Wildman–Crippen LogP) is 4.07. The fourth-order valence-electron chi connectivity index (χ4n) is 2.25. The monoisotopic (exact) mass is 387 g/mol. The molecule has 0 amide bonds. The van der Waals surface area contributed by atoms with Crippen LogP contribution in [0.1, 0.15) is 17.2 Å². The molecule has 0 radical (unpaired) electrons. The molecule has 0 spiro atoms. The summed E-state index contributed by atoms with van der Waals surface area (Å²) >= 11 is 0.781. The van der Waals surface area contributed by atoms with Crippen LogP contribution < -0.4 is 0 Å². The summed E-state index contributed by atoms with van der Waals surface area (Å²) in [5.41, 5.74) is 0.966. The standard InChI is InChI=1S/C17H13N3O6S/c1-9-3-5-12(13(7-9)20(23)24)14-6-4-11(26-14)8-15(16(21)22)27-17-19-18-10(2)25-17/h3-8H,1-2H3,(H,21,22)/b15-8+. The van der Waals surface area contributed by atoms with Crippen LogP contribution in [0.2, 0.25) is 0 Å². The minimum absolute atomic E-state index is 0.0853. The van der Waals surface area contributed by atoms with Gasteiger partial charge in [0.15, 0.2) is 0 Å². The summed E-state index contributed by atoms with van der Waals surface area (Å²) in [6.45, 7) is 3.34. The number of rotatable bonds is 6. The molecule has 138 valence electrons. The van der Waals surface area contributed by atoms with Gasteiger partial charge < -0.3 is 13.9 Å². The number of hydrogen-bond donors (Lipinski definition) is 1. The number of nitrogens with zero attached hydrogens (tertiary/aromatic N) is 3. The van der Waals surface area contributed by atoms with E-state index in [1.54, 1.807) is 32.0 Å². The third-order valence-electron chi connectivity index (χ3n) is 3.43. The van der Waals surface area contributed by atoms with Crippen LogP contribution >= 0.6 is 11.8 Å². The molecule has 0 aliphatic rings. The lowest BCUT2D eigenvalue weighted by Crippen LogP contribution is -1.96. The number of carboxylic acids is 1. The van der Waals surface area contributed by atoms with E-state index in [2.05, 4.69) is 10.2 Å². The van der Waals surface area contributed by atoms with E-state index < -0.39 is 10.9 Å². The lowest BCUT2D eigenvalue weighted by atomic mass is 10.1. The maximum atomic E-state index is 11.5. The topological polar surface area (TPSA) is 132 Å². The van der Waals surface area contributed by atoms with E-state index in [-0.39, 0.29) is 27.3 Å². The molecule has 0 fully saturated rings. The zero-order valence-corrected chi connectivity index (χ0v) is 15.0. The molecular formula is C17H13N3O6S. The van der Waals surface area contributed by atoms with Gasteiger partial charge in [-0.05, 0) is 42.4 Å². The zero-order valence-electron chi connectivity index (χ0n) is 14.2. The van der Waals surface area contributed by atoms with Crippen molar-refractivity contribution < 1.29 is 23.7 Å². The van der Waals surface area contributed by atoms with Crippen molar-refractivity contribution in [3.05, 3.63) is 62.6 Å². The molecule has 9 nitrogen and oxygen atoms in total. The van der Waals surface area contributed by atoms with Gasteiger partial charge in [-0.2, -0.15) is 0 Å². The Balaban J connectivity index is 1.93. The fourth-order valence-corrected chi connectivity index (χ4v) is 2.95. The number of benzene rings is 1. The Morgan fingerprint density at radius 1 is 1.22 bits per heavy atom. The quantitative estimate of drug-likeness (QED) is 0.287. The lowest BCUT2D eigenvalue weighted by molar-refractivity contribution is -0.384. The average Bonchev–Trinajstić information content (AvgIpc) is 3.23. The highest BCUT2D eigenvalue weighted by molar-refractivity contribution is 8.03. The van der Waals surface area contributed by atoms with Crippen LogP contribution in [0.3, 0.4) is 0 Å². The lowest BCUT2D eigenvalue weighted by Gasteiger charge is -2.01. The molecule has 0 saturated heterocycles. The van der Waals surface area contributed by atoms with E-state index in [9.17, 15) is 20.0 Å². The van der Waals surface area contributed by atoms with Gasteiger partial charge in [-0.3, -0.25) is 10.1 Å². The van der Waals surface area contributed by atoms with Gasteiger partial charge in [-0.25, -0.2) is 4.79 Å². The first-order valence-electron chi connectivity index (χ1n) is 7.61. The van der Waals surface area contributed by atoms with Gasteiger partial charge >= 0.3 is 5.97 Å².